The lowest BCUT2D eigenvalue weighted by atomic mass is 9.45. The SMILES string of the molecule is CC(=O)O[C@H](C/C=C1/CC[C@@H]2[C@@]3(C)CCCC(C)(C)[C@@H]3CC[C@@]2(C)OC1=O)C1=CC(=O)OC1O. The molecule has 2 aliphatic heterocycles. The molecule has 0 aromatic carbocycles. The average molecular weight is 475 g/mol. The number of aliphatic hydroxyl groups is 1. The van der Waals surface area contributed by atoms with Crippen LogP contribution in [0.2, 0.25) is 0 Å². The zero-order valence-electron chi connectivity index (χ0n) is 21.0. The molecule has 188 valence electrons. The summed E-state index contributed by atoms with van der Waals surface area (Å²) in [6.07, 6.45) is 7.68. The Bertz CT molecular complexity index is 931. The summed E-state index contributed by atoms with van der Waals surface area (Å²) in [5, 5.41) is 10.0. The Balaban J connectivity index is 1.57. The van der Waals surface area contributed by atoms with Gasteiger partial charge in [0.05, 0.1) is 0 Å². The zero-order chi connectivity index (χ0) is 24.9. The highest BCUT2D eigenvalue weighted by atomic mass is 16.6. The van der Waals surface area contributed by atoms with E-state index in [-0.39, 0.29) is 34.7 Å². The van der Waals surface area contributed by atoms with Crippen molar-refractivity contribution in [3.8, 4) is 0 Å². The van der Waals surface area contributed by atoms with Crippen molar-refractivity contribution in [3.63, 3.8) is 0 Å². The van der Waals surface area contributed by atoms with Gasteiger partial charge in [-0.25, -0.2) is 9.59 Å². The third-order valence-corrected chi connectivity index (χ3v) is 9.08. The lowest BCUT2D eigenvalue weighted by Gasteiger charge is -2.61. The van der Waals surface area contributed by atoms with Crippen molar-refractivity contribution in [2.45, 2.75) is 104 Å². The molecule has 1 saturated heterocycles. The van der Waals surface area contributed by atoms with Gasteiger partial charge in [-0.2, -0.15) is 0 Å². The molecule has 0 bridgehead atoms. The second-order valence-electron chi connectivity index (χ2n) is 11.7. The maximum absolute atomic E-state index is 13.2. The predicted octanol–water partition coefficient (Wildman–Crippen LogP) is 4.37. The van der Waals surface area contributed by atoms with Gasteiger partial charge in [0, 0.05) is 36.5 Å². The molecule has 2 heterocycles. The number of carbonyl (C=O) groups is 3. The number of hydrogen-bond acceptors (Lipinski definition) is 7. The molecule has 0 radical (unpaired) electrons. The van der Waals surface area contributed by atoms with Crippen LogP contribution >= 0.6 is 0 Å². The molecule has 6 atom stereocenters. The molecule has 4 rings (SSSR count). The van der Waals surface area contributed by atoms with E-state index in [1.807, 2.05) is 0 Å². The molecule has 0 spiro atoms. The highest BCUT2D eigenvalue weighted by molar-refractivity contribution is 5.89. The van der Waals surface area contributed by atoms with Crippen LogP contribution in [-0.4, -0.2) is 41.0 Å². The Morgan fingerprint density at radius 1 is 1.18 bits per heavy atom. The minimum absolute atomic E-state index is 0.126. The van der Waals surface area contributed by atoms with Crippen LogP contribution in [0.15, 0.2) is 23.3 Å². The van der Waals surface area contributed by atoms with Crippen LogP contribution in [0, 0.1) is 22.7 Å². The quantitative estimate of drug-likeness (QED) is 0.367. The van der Waals surface area contributed by atoms with Gasteiger partial charge < -0.3 is 19.3 Å². The Labute approximate surface area is 201 Å². The van der Waals surface area contributed by atoms with Crippen LogP contribution in [0.4, 0.5) is 0 Å². The van der Waals surface area contributed by atoms with E-state index < -0.39 is 29.9 Å². The van der Waals surface area contributed by atoms with E-state index in [2.05, 4.69) is 27.7 Å². The third kappa shape index (κ3) is 4.43. The number of aliphatic hydroxyl groups excluding tert-OH is 1. The summed E-state index contributed by atoms with van der Waals surface area (Å²) in [5.74, 6) is -0.661. The average Bonchev–Trinajstić information content (AvgIpc) is 2.97. The van der Waals surface area contributed by atoms with Crippen LogP contribution in [0.1, 0.15) is 86.0 Å². The van der Waals surface area contributed by atoms with E-state index in [1.165, 1.54) is 19.8 Å². The second-order valence-corrected chi connectivity index (χ2v) is 11.7. The fraction of sp³-hybridized carbons (Fsp3) is 0.741. The van der Waals surface area contributed by atoms with Gasteiger partial charge in [-0.1, -0.05) is 33.3 Å². The summed E-state index contributed by atoms with van der Waals surface area (Å²) >= 11 is 0. The van der Waals surface area contributed by atoms with Crippen LogP contribution in [-0.2, 0) is 28.6 Å². The molecule has 2 saturated carbocycles. The van der Waals surface area contributed by atoms with Gasteiger partial charge in [0.2, 0.25) is 6.29 Å². The molecule has 2 aliphatic carbocycles. The smallest absolute Gasteiger partial charge is 0.334 e. The van der Waals surface area contributed by atoms with E-state index in [0.29, 0.717) is 17.9 Å². The minimum atomic E-state index is -1.45. The number of carbonyl (C=O) groups excluding carboxylic acids is 3. The lowest BCUT2D eigenvalue weighted by Crippen LogP contribution is -2.58. The minimum Gasteiger partial charge on any atom is -0.457 e. The molecule has 3 fully saturated rings. The van der Waals surface area contributed by atoms with Crippen molar-refractivity contribution in [1.82, 2.24) is 0 Å². The molecular weight excluding hydrogens is 436 g/mol. The van der Waals surface area contributed by atoms with Gasteiger partial charge in [-0.15, -0.1) is 0 Å². The summed E-state index contributed by atoms with van der Waals surface area (Å²) in [5.41, 5.74) is 0.658. The van der Waals surface area contributed by atoms with E-state index in [1.54, 1.807) is 6.08 Å². The first-order valence-electron chi connectivity index (χ1n) is 12.6. The van der Waals surface area contributed by atoms with Crippen molar-refractivity contribution >= 4 is 17.9 Å². The van der Waals surface area contributed by atoms with Crippen molar-refractivity contribution in [1.29, 1.82) is 0 Å². The van der Waals surface area contributed by atoms with Crippen LogP contribution in [0.25, 0.3) is 0 Å². The molecule has 0 amide bonds. The summed E-state index contributed by atoms with van der Waals surface area (Å²) in [4.78, 5) is 36.4. The lowest BCUT2D eigenvalue weighted by molar-refractivity contribution is -0.193. The molecule has 7 heteroatoms. The van der Waals surface area contributed by atoms with E-state index >= 15 is 0 Å². The molecule has 4 aliphatic rings. The molecule has 1 unspecified atom stereocenters. The van der Waals surface area contributed by atoms with Crippen LogP contribution in [0.5, 0.6) is 0 Å². The number of rotatable bonds is 4. The summed E-state index contributed by atoms with van der Waals surface area (Å²) in [6, 6.07) is 0. The van der Waals surface area contributed by atoms with Gasteiger partial charge in [0.25, 0.3) is 0 Å². The number of ether oxygens (including phenoxy) is 3. The fourth-order valence-electron chi connectivity index (χ4n) is 7.60. The normalized spacial score (nSPS) is 39.2. The Morgan fingerprint density at radius 2 is 1.91 bits per heavy atom. The van der Waals surface area contributed by atoms with Crippen LogP contribution in [0.3, 0.4) is 0 Å². The summed E-state index contributed by atoms with van der Waals surface area (Å²) in [6.45, 7) is 10.6. The molecule has 7 nitrogen and oxygen atoms in total. The monoisotopic (exact) mass is 474 g/mol. The van der Waals surface area contributed by atoms with Crippen molar-refractivity contribution in [2.24, 2.45) is 22.7 Å². The first-order valence-corrected chi connectivity index (χ1v) is 12.6. The van der Waals surface area contributed by atoms with E-state index in [0.717, 1.165) is 31.8 Å². The predicted molar refractivity (Wildman–Crippen MR) is 124 cm³/mol. The van der Waals surface area contributed by atoms with Gasteiger partial charge in [-0.05, 0) is 62.2 Å². The summed E-state index contributed by atoms with van der Waals surface area (Å²) in [7, 11) is 0. The first-order chi connectivity index (χ1) is 15.9. The van der Waals surface area contributed by atoms with Crippen molar-refractivity contribution in [2.75, 3.05) is 0 Å². The van der Waals surface area contributed by atoms with Crippen molar-refractivity contribution < 1.29 is 33.7 Å². The molecule has 34 heavy (non-hydrogen) atoms. The molecular formula is C27H38O7. The standard InChI is InChI=1S/C27H38O7/c1-16(28)32-19(18-15-22(29)33-24(18)31)9-7-17-8-10-21-26(4)13-6-12-25(2,3)20(26)11-14-27(21,5)34-23(17)30/h7,15,19-21,24,31H,6,8-14H2,1-5H3/b17-7-/t19-,20+,21-,24?,26+,27-/m1/s1. The maximum Gasteiger partial charge on any atom is 0.334 e. The van der Waals surface area contributed by atoms with Gasteiger partial charge in [-0.3, -0.25) is 4.79 Å². The fourth-order valence-corrected chi connectivity index (χ4v) is 7.60. The van der Waals surface area contributed by atoms with E-state index in [4.69, 9.17) is 14.2 Å². The highest BCUT2D eigenvalue weighted by Gasteiger charge is 2.60. The Morgan fingerprint density at radius 3 is 2.56 bits per heavy atom. The topological polar surface area (TPSA) is 99.1 Å². The molecule has 0 aromatic rings. The zero-order valence-corrected chi connectivity index (χ0v) is 21.0. The third-order valence-electron chi connectivity index (χ3n) is 9.08. The van der Waals surface area contributed by atoms with Gasteiger partial charge in [0.1, 0.15) is 11.7 Å². The number of fused-ring (bicyclic) bond motifs is 3. The second kappa shape index (κ2) is 8.81. The largest absolute Gasteiger partial charge is 0.457 e. The van der Waals surface area contributed by atoms with E-state index in [9.17, 15) is 19.5 Å². The molecule has 1 N–H and O–H groups in total. The Kier molecular flexibility index (Phi) is 6.47. The number of esters is 3. The number of cyclic esters (lactones) is 1. The molecule has 0 aromatic heterocycles. The summed E-state index contributed by atoms with van der Waals surface area (Å²) < 4.78 is 16.3. The highest BCUT2D eigenvalue weighted by Crippen LogP contribution is 2.64. The Hall–Kier alpha value is -2.15. The number of hydrogen-bond donors (Lipinski definition) is 1. The van der Waals surface area contributed by atoms with Crippen molar-refractivity contribution in [3.05, 3.63) is 23.3 Å². The van der Waals surface area contributed by atoms with Crippen LogP contribution < -0.4 is 0 Å². The maximum atomic E-state index is 13.2. The van der Waals surface area contributed by atoms with Gasteiger partial charge >= 0.3 is 17.9 Å². The first kappa shape index (κ1) is 25.0. The van der Waals surface area contributed by atoms with Gasteiger partial charge in [0.15, 0.2) is 0 Å².